The van der Waals surface area contributed by atoms with Crippen LogP contribution in [0.2, 0.25) is 0 Å². The number of nitrogens with zero attached hydrogens (tertiary/aromatic N) is 4. The van der Waals surface area contributed by atoms with Crippen molar-refractivity contribution in [3.8, 4) is 0 Å². The molecule has 25 heavy (non-hydrogen) atoms. The molecule has 0 saturated carbocycles. The third kappa shape index (κ3) is 3.41. The predicted octanol–water partition coefficient (Wildman–Crippen LogP) is 1.16. The molecule has 0 aromatic carbocycles. The Morgan fingerprint density at radius 3 is 2.84 bits per heavy atom. The van der Waals surface area contributed by atoms with Gasteiger partial charge >= 0.3 is 0 Å². The van der Waals surface area contributed by atoms with E-state index in [2.05, 4.69) is 19.8 Å². The zero-order valence-corrected chi connectivity index (χ0v) is 15.0. The van der Waals surface area contributed by atoms with E-state index in [-0.39, 0.29) is 17.2 Å². The molecule has 0 amide bonds. The minimum Gasteiger partial charge on any atom is -0.383 e. The molecule has 0 atom stereocenters. The first-order valence-electron chi connectivity index (χ1n) is 7.65. The van der Waals surface area contributed by atoms with Crippen molar-refractivity contribution in [2.75, 3.05) is 13.7 Å². The number of ether oxygens (including phenoxy) is 1. The van der Waals surface area contributed by atoms with Crippen LogP contribution in [-0.4, -0.2) is 41.8 Å². The van der Waals surface area contributed by atoms with Crippen LogP contribution in [0.4, 0.5) is 0 Å². The molecule has 0 bridgehead atoms. The lowest BCUT2D eigenvalue weighted by atomic mass is 10.4. The van der Waals surface area contributed by atoms with Crippen molar-refractivity contribution in [2.24, 2.45) is 0 Å². The highest BCUT2D eigenvalue weighted by Gasteiger charge is 2.24. The van der Waals surface area contributed by atoms with Crippen LogP contribution in [0.5, 0.6) is 0 Å². The maximum atomic E-state index is 12.6. The number of sulfonamides is 1. The number of hydrogen-bond donors (Lipinski definition) is 1. The summed E-state index contributed by atoms with van der Waals surface area (Å²) < 4.78 is 39.6. The van der Waals surface area contributed by atoms with Crippen LogP contribution in [-0.2, 0) is 27.8 Å². The van der Waals surface area contributed by atoms with Crippen molar-refractivity contribution in [3.63, 3.8) is 0 Å². The summed E-state index contributed by atoms with van der Waals surface area (Å²) in [5.74, 6) is 0.806. The van der Waals surface area contributed by atoms with Crippen LogP contribution in [0.1, 0.15) is 17.3 Å². The number of pyridine rings is 1. The highest BCUT2D eigenvalue weighted by molar-refractivity contribution is 7.89. The van der Waals surface area contributed by atoms with E-state index < -0.39 is 10.0 Å². The third-order valence-electron chi connectivity index (χ3n) is 3.76. The Morgan fingerprint density at radius 2 is 2.16 bits per heavy atom. The molecule has 10 heteroatoms. The number of methoxy groups -OCH3 is 1. The summed E-state index contributed by atoms with van der Waals surface area (Å²) in [6.07, 6.45) is 1.67. The summed E-state index contributed by atoms with van der Waals surface area (Å²) in [5.41, 5.74) is 1.70. The van der Waals surface area contributed by atoms with Gasteiger partial charge in [-0.1, -0.05) is 5.16 Å². The summed E-state index contributed by atoms with van der Waals surface area (Å²) in [5, 5.41) is 3.69. The fourth-order valence-electron chi connectivity index (χ4n) is 2.65. The first-order chi connectivity index (χ1) is 11.9. The van der Waals surface area contributed by atoms with Crippen LogP contribution in [0.25, 0.3) is 11.2 Å². The van der Waals surface area contributed by atoms with Crippen LogP contribution in [0.15, 0.2) is 27.7 Å². The SMILES string of the molecule is COCCn1c(CNS(=O)(=O)c2c(C)noc2C)nc2cccnc21. The minimum absolute atomic E-state index is 0.0203. The lowest BCUT2D eigenvalue weighted by Crippen LogP contribution is -2.26. The van der Waals surface area contributed by atoms with Crippen molar-refractivity contribution >= 4 is 21.2 Å². The second-order valence-electron chi connectivity index (χ2n) is 5.50. The highest BCUT2D eigenvalue weighted by Crippen LogP contribution is 2.19. The predicted molar refractivity (Wildman–Crippen MR) is 89.4 cm³/mol. The zero-order chi connectivity index (χ0) is 18.0. The molecule has 1 N–H and O–H groups in total. The molecule has 0 unspecified atom stereocenters. The van der Waals surface area contributed by atoms with E-state index in [0.717, 1.165) is 0 Å². The first-order valence-corrected chi connectivity index (χ1v) is 9.14. The molecule has 0 radical (unpaired) electrons. The average Bonchev–Trinajstić information content (AvgIpc) is 3.11. The maximum Gasteiger partial charge on any atom is 0.246 e. The third-order valence-corrected chi connectivity index (χ3v) is 5.40. The molecule has 0 saturated heterocycles. The van der Waals surface area contributed by atoms with E-state index in [1.54, 1.807) is 33.2 Å². The van der Waals surface area contributed by atoms with Crippen LogP contribution >= 0.6 is 0 Å². The van der Waals surface area contributed by atoms with Crippen molar-refractivity contribution < 1.29 is 17.7 Å². The molecular formula is C15H19N5O4S. The van der Waals surface area contributed by atoms with Gasteiger partial charge in [-0.25, -0.2) is 23.1 Å². The molecule has 0 aliphatic rings. The Kier molecular flexibility index (Phi) is 4.84. The lowest BCUT2D eigenvalue weighted by molar-refractivity contribution is 0.187. The molecule has 9 nitrogen and oxygen atoms in total. The van der Waals surface area contributed by atoms with E-state index in [0.29, 0.717) is 35.8 Å². The second-order valence-corrected chi connectivity index (χ2v) is 7.20. The number of rotatable bonds is 7. The van der Waals surface area contributed by atoms with E-state index >= 15 is 0 Å². The number of imidazole rings is 1. The topological polar surface area (TPSA) is 112 Å². The van der Waals surface area contributed by atoms with Gasteiger partial charge in [0.25, 0.3) is 0 Å². The van der Waals surface area contributed by atoms with Crippen molar-refractivity contribution in [1.29, 1.82) is 0 Å². The standard InChI is InChI=1S/C15H19N5O4S/c1-10-14(11(2)24-19-10)25(21,22)17-9-13-18-12-5-4-6-16-15(12)20(13)7-8-23-3/h4-6,17H,7-9H2,1-3H3. The number of nitrogens with one attached hydrogen (secondary N) is 1. The Hall–Kier alpha value is -2.30. The maximum absolute atomic E-state index is 12.6. The summed E-state index contributed by atoms with van der Waals surface area (Å²) >= 11 is 0. The van der Waals surface area contributed by atoms with Gasteiger partial charge in [-0.2, -0.15) is 0 Å². The molecule has 0 aliphatic carbocycles. The van der Waals surface area contributed by atoms with E-state index in [1.807, 2.05) is 10.6 Å². The van der Waals surface area contributed by atoms with Gasteiger partial charge in [0.1, 0.15) is 21.9 Å². The van der Waals surface area contributed by atoms with Gasteiger partial charge in [-0.15, -0.1) is 0 Å². The van der Waals surface area contributed by atoms with Gasteiger partial charge in [-0.3, -0.25) is 0 Å². The largest absolute Gasteiger partial charge is 0.383 e. The quantitative estimate of drug-likeness (QED) is 0.668. The summed E-state index contributed by atoms with van der Waals surface area (Å²) in [6, 6.07) is 3.62. The molecule has 0 aliphatic heterocycles. The van der Waals surface area contributed by atoms with Crippen molar-refractivity contribution in [2.45, 2.75) is 31.8 Å². The number of fused-ring (bicyclic) bond motifs is 1. The van der Waals surface area contributed by atoms with E-state index in [1.165, 1.54) is 0 Å². The van der Waals surface area contributed by atoms with Gasteiger partial charge in [0.15, 0.2) is 11.4 Å². The smallest absolute Gasteiger partial charge is 0.246 e. The molecule has 0 spiro atoms. The van der Waals surface area contributed by atoms with E-state index in [9.17, 15) is 8.42 Å². The van der Waals surface area contributed by atoms with Crippen molar-refractivity contribution in [3.05, 3.63) is 35.6 Å². The van der Waals surface area contributed by atoms with Crippen molar-refractivity contribution in [1.82, 2.24) is 24.4 Å². The molecule has 3 rings (SSSR count). The van der Waals surface area contributed by atoms with Gasteiger partial charge in [0.05, 0.1) is 13.2 Å². The summed E-state index contributed by atoms with van der Waals surface area (Å²) in [6.45, 7) is 4.15. The highest BCUT2D eigenvalue weighted by atomic mass is 32.2. The molecule has 3 aromatic rings. The van der Waals surface area contributed by atoms with Gasteiger partial charge < -0.3 is 13.8 Å². The molecule has 0 fully saturated rings. The van der Waals surface area contributed by atoms with Crippen LogP contribution < -0.4 is 4.72 Å². The first kappa shape index (κ1) is 17.5. The average molecular weight is 365 g/mol. The minimum atomic E-state index is -3.76. The fourth-order valence-corrected chi connectivity index (χ4v) is 3.95. The molecule has 3 aromatic heterocycles. The Bertz CT molecular complexity index is 973. The number of hydrogen-bond acceptors (Lipinski definition) is 7. The Morgan fingerprint density at radius 1 is 1.36 bits per heavy atom. The monoisotopic (exact) mass is 365 g/mol. The Labute approximate surface area is 145 Å². The van der Waals surface area contributed by atoms with Gasteiger partial charge in [-0.05, 0) is 26.0 Å². The molecule has 3 heterocycles. The fraction of sp³-hybridized carbons (Fsp3) is 0.400. The van der Waals surface area contributed by atoms with E-state index in [4.69, 9.17) is 9.26 Å². The second kappa shape index (κ2) is 6.90. The number of aromatic nitrogens is 4. The van der Waals surface area contributed by atoms with Crippen LogP contribution in [0.3, 0.4) is 0 Å². The lowest BCUT2D eigenvalue weighted by Gasteiger charge is -2.09. The zero-order valence-electron chi connectivity index (χ0n) is 14.2. The normalized spacial score (nSPS) is 12.1. The molecular weight excluding hydrogens is 346 g/mol. The van der Waals surface area contributed by atoms with Gasteiger partial charge in [0, 0.05) is 19.9 Å². The Balaban J connectivity index is 1.90. The number of aryl methyl sites for hydroxylation is 2. The summed E-state index contributed by atoms with van der Waals surface area (Å²) in [4.78, 5) is 8.85. The summed E-state index contributed by atoms with van der Waals surface area (Å²) in [7, 11) is -2.16. The van der Waals surface area contributed by atoms with Crippen LogP contribution in [0, 0.1) is 13.8 Å². The molecule has 134 valence electrons. The van der Waals surface area contributed by atoms with Gasteiger partial charge in [0.2, 0.25) is 10.0 Å².